The van der Waals surface area contributed by atoms with Crippen LogP contribution in [0.25, 0.3) is 11.0 Å². The number of fused-ring (bicyclic) bond motifs is 1. The summed E-state index contributed by atoms with van der Waals surface area (Å²) in [5.41, 5.74) is 2.36. The maximum absolute atomic E-state index is 12.8. The lowest BCUT2D eigenvalue weighted by Gasteiger charge is -2.12. The van der Waals surface area contributed by atoms with Gasteiger partial charge in [-0.15, -0.1) is 0 Å². The summed E-state index contributed by atoms with van der Waals surface area (Å²) in [6.07, 6.45) is 1.59. The molecule has 3 rings (SSSR count). The van der Waals surface area contributed by atoms with Gasteiger partial charge in [-0.05, 0) is 38.0 Å². The average Bonchev–Trinajstić information content (AvgIpc) is 3.16. The summed E-state index contributed by atoms with van der Waals surface area (Å²) in [6.45, 7) is 7.46. The van der Waals surface area contributed by atoms with E-state index in [1.807, 2.05) is 33.8 Å². The molecule has 0 aliphatic heterocycles. The van der Waals surface area contributed by atoms with E-state index in [0.717, 1.165) is 5.69 Å². The van der Waals surface area contributed by atoms with Gasteiger partial charge in [-0.25, -0.2) is 14.5 Å². The van der Waals surface area contributed by atoms with Crippen LogP contribution >= 0.6 is 0 Å². The number of rotatable bonds is 6. The molecule has 0 aliphatic carbocycles. The monoisotopic (exact) mass is 405 g/mol. The molecule has 0 saturated heterocycles. The van der Waals surface area contributed by atoms with Crippen LogP contribution in [0.3, 0.4) is 0 Å². The zero-order chi connectivity index (χ0) is 21.8. The Hall–Kier alpha value is -3.73. The van der Waals surface area contributed by atoms with Crippen molar-refractivity contribution in [1.29, 1.82) is 5.26 Å². The first-order valence-corrected chi connectivity index (χ1v) is 9.66. The summed E-state index contributed by atoms with van der Waals surface area (Å²) >= 11 is 0. The number of aromatic nitrogens is 3. The molecule has 8 heteroatoms. The first kappa shape index (κ1) is 21.0. The molecule has 154 valence electrons. The van der Waals surface area contributed by atoms with Gasteiger partial charge in [0.05, 0.1) is 28.4 Å². The third kappa shape index (κ3) is 4.30. The number of esters is 1. The minimum absolute atomic E-state index is 0.0762. The van der Waals surface area contributed by atoms with Crippen molar-refractivity contribution in [2.45, 2.75) is 39.7 Å². The molecule has 0 saturated carbocycles. The lowest BCUT2D eigenvalue weighted by Crippen LogP contribution is -2.21. The number of nitrogens with one attached hydrogen (secondary N) is 1. The fraction of sp³-hybridized carbons (Fsp3) is 0.318. The van der Waals surface area contributed by atoms with Crippen LogP contribution in [0, 0.1) is 11.3 Å². The summed E-state index contributed by atoms with van der Waals surface area (Å²) in [4.78, 5) is 29.6. The molecule has 8 nitrogen and oxygen atoms in total. The third-order valence-corrected chi connectivity index (χ3v) is 4.54. The molecule has 2 heterocycles. The molecular weight excluding hydrogens is 382 g/mol. The van der Waals surface area contributed by atoms with Gasteiger partial charge in [-0.3, -0.25) is 4.79 Å². The van der Waals surface area contributed by atoms with E-state index in [0.29, 0.717) is 27.8 Å². The van der Waals surface area contributed by atoms with Gasteiger partial charge in [0, 0.05) is 11.7 Å². The molecule has 3 aromatic rings. The highest BCUT2D eigenvalue weighted by Gasteiger charge is 2.20. The molecule has 30 heavy (non-hydrogen) atoms. The van der Waals surface area contributed by atoms with E-state index in [1.165, 1.54) is 0 Å². The summed E-state index contributed by atoms with van der Waals surface area (Å²) in [5, 5.41) is 16.6. The first-order chi connectivity index (χ1) is 14.3. The molecule has 1 aromatic carbocycles. The van der Waals surface area contributed by atoms with Crippen molar-refractivity contribution in [2.24, 2.45) is 0 Å². The van der Waals surface area contributed by atoms with Crippen molar-refractivity contribution < 1.29 is 14.3 Å². The number of hydrogen-bond donors (Lipinski definition) is 1. The van der Waals surface area contributed by atoms with Crippen molar-refractivity contribution in [3.8, 4) is 6.07 Å². The molecule has 0 spiro atoms. The summed E-state index contributed by atoms with van der Waals surface area (Å²) in [7, 11) is 0. The van der Waals surface area contributed by atoms with E-state index in [2.05, 4.69) is 15.4 Å². The van der Waals surface area contributed by atoms with Crippen LogP contribution in [-0.2, 0) is 9.53 Å². The Bertz CT molecular complexity index is 1140. The SMILES string of the molecule is CC(C)c1cc(C(=O)OCC(=O)Nc2ccccc2C#N)c2cnn(C(C)C)c2n1. The highest BCUT2D eigenvalue weighted by Crippen LogP contribution is 2.25. The van der Waals surface area contributed by atoms with Gasteiger partial charge in [-0.2, -0.15) is 10.4 Å². The summed E-state index contributed by atoms with van der Waals surface area (Å²) < 4.78 is 7.00. The quantitative estimate of drug-likeness (QED) is 0.625. The van der Waals surface area contributed by atoms with Crippen molar-refractivity contribution in [3.63, 3.8) is 0 Å². The number of ether oxygens (including phenoxy) is 1. The van der Waals surface area contributed by atoms with E-state index >= 15 is 0 Å². The number of nitriles is 1. The fourth-order valence-corrected chi connectivity index (χ4v) is 2.96. The molecule has 0 atom stereocenters. The van der Waals surface area contributed by atoms with Crippen molar-refractivity contribution >= 4 is 28.6 Å². The Morgan fingerprint density at radius 3 is 2.63 bits per heavy atom. The van der Waals surface area contributed by atoms with Gasteiger partial charge in [0.25, 0.3) is 5.91 Å². The predicted octanol–water partition coefficient (Wildman–Crippen LogP) is 3.80. The second-order valence-corrected chi connectivity index (χ2v) is 7.45. The second kappa shape index (κ2) is 8.74. The second-order valence-electron chi connectivity index (χ2n) is 7.45. The zero-order valence-corrected chi connectivity index (χ0v) is 17.3. The molecular formula is C22H23N5O3. The Kier molecular flexibility index (Phi) is 6.11. The molecule has 1 amide bonds. The van der Waals surface area contributed by atoms with E-state index in [4.69, 9.17) is 10.00 Å². The van der Waals surface area contributed by atoms with Crippen LogP contribution in [0.15, 0.2) is 36.5 Å². The molecule has 1 N–H and O–H groups in total. The van der Waals surface area contributed by atoms with Crippen molar-refractivity contribution in [1.82, 2.24) is 14.8 Å². The highest BCUT2D eigenvalue weighted by molar-refractivity contribution is 6.04. The lowest BCUT2D eigenvalue weighted by atomic mass is 10.1. The minimum atomic E-state index is -0.628. The molecule has 0 fully saturated rings. The van der Waals surface area contributed by atoms with E-state index in [1.54, 1.807) is 41.2 Å². The normalized spacial score (nSPS) is 11.0. The van der Waals surface area contributed by atoms with Crippen LogP contribution in [0.2, 0.25) is 0 Å². The molecule has 0 bridgehead atoms. The Morgan fingerprint density at radius 1 is 1.23 bits per heavy atom. The third-order valence-electron chi connectivity index (χ3n) is 4.54. The zero-order valence-electron chi connectivity index (χ0n) is 17.3. The van der Waals surface area contributed by atoms with Crippen LogP contribution < -0.4 is 5.32 Å². The number of nitrogens with zero attached hydrogens (tertiary/aromatic N) is 4. The van der Waals surface area contributed by atoms with Gasteiger partial charge in [0.1, 0.15) is 6.07 Å². The average molecular weight is 405 g/mol. The number of benzene rings is 1. The van der Waals surface area contributed by atoms with Crippen molar-refractivity contribution in [3.05, 3.63) is 53.3 Å². The van der Waals surface area contributed by atoms with Crippen molar-refractivity contribution in [2.75, 3.05) is 11.9 Å². The fourth-order valence-electron chi connectivity index (χ4n) is 2.96. The predicted molar refractivity (Wildman–Crippen MR) is 112 cm³/mol. The molecule has 0 aliphatic rings. The van der Waals surface area contributed by atoms with Gasteiger partial charge in [-0.1, -0.05) is 26.0 Å². The topological polar surface area (TPSA) is 110 Å². The summed E-state index contributed by atoms with van der Waals surface area (Å²) in [5.74, 6) is -1.06. The van der Waals surface area contributed by atoms with Gasteiger partial charge in [0.2, 0.25) is 0 Å². The van der Waals surface area contributed by atoms with Gasteiger partial charge < -0.3 is 10.1 Å². The summed E-state index contributed by atoms with van der Waals surface area (Å²) in [6, 6.07) is 10.4. The number of hydrogen-bond acceptors (Lipinski definition) is 6. The number of anilines is 1. The Labute approximate surface area is 174 Å². The Morgan fingerprint density at radius 2 is 1.97 bits per heavy atom. The van der Waals surface area contributed by atoms with Crippen LogP contribution in [0.4, 0.5) is 5.69 Å². The minimum Gasteiger partial charge on any atom is -0.452 e. The Balaban J connectivity index is 1.81. The molecule has 0 radical (unpaired) electrons. The van der Waals surface area contributed by atoms with Gasteiger partial charge >= 0.3 is 5.97 Å². The van der Waals surface area contributed by atoms with Gasteiger partial charge in [0.15, 0.2) is 12.3 Å². The maximum atomic E-state index is 12.8. The standard InChI is InChI=1S/C22H23N5O3/c1-13(2)19-9-16(17-11-24-27(14(3)4)21(17)26-19)22(29)30-12-20(28)25-18-8-6-5-7-15(18)10-23/h5-9,11,13-14H,12H2,1-4H3,(H,25,28). The number of para-hydroxylation sites is 1. The molecule has 2 aromatic heterocycles. The first-order valence-electron chi connectivity index (χ1n) is 9.66. The van der Waals surface area contributed by atoms with Crippen LogP contribution in [-0.4, -0.2) is 33.2 Å². The highest BCUT2D eigenvalue weighted by atomic mass is 16.5. The number of pyridine rings is 1. The van der Waals surface area contributed by atoms with E-state index in [-0.39, 0.29) is 12.0 Å². The smallest absolute Gasteiger partial charge is 0.339 e. The van der Waals surface area contributed by atoms with Crippen LogP contribution in [0.5, 0.6) is 0 Å². The number of carbonyl (C=O) groups is 2. The lowest BCUT2D eigenvalue weighted by molar-refractivity contribution is -0.119. The van der Waals surface area contributed by atoms with E-state index < -0.39 is 18.5 Å². The molecule has 0 unspecified atom stereocenters. The van der Waals surface area contributed by atoms with E-state index in [9.17, 15) is 9.59 Å². The number of carbonyl (C=O) groups excluding carboxylic acids is 2. The van der Waals surface area contributed by atoms with Crippen LogP contribution in [0.1, 0.15) is 61.3 Å². The largest absolute Gasteiger partial charge is 0.452 e. The number of amides is 1. The maximum Gasteiger partial charge on any atom is 0.339 e.